The third-order valence-corrected chi connectivity index (χ3v) is 3.37. The molecule has 0 bridgehead atoms. The van der Waals surface area contributed by atoms with Crippen molar-refractivity contribution in [2.75, 3.05) is 20.1 Å². The van der Waals surface area contributed by atoms with E-state index in [1.54, 1.807) is 6.92 Å². The summed E-state index contributed by atoms with van der Waals surface area (Å²) in [6.07, 6.45) is 0.514. The van der Waals surface area contributed by atoms with Crippen LogP contribution in [0.3, 0.4) is 0 Å². The Kier molecular flexibility index (Phi) is 3.38. The van der Waals surface area contributed by atoms with Gasteiger partial charge in [0.15, 0.2) is 0 Å². The molecule has 1 aliphatic rings. The zero-order chi connectivity index (χ0) is 13.4. The van der Waals surface area contributed by atoms with Crippen molar-refractivity contribution in [3.63, 3.8) is 0 Å². The maximum absolute atomic E-state index is 12.1. The van der Waals surface area contributed by atoms with Crippen molar-refractivity contribution in [2.45, 2.75) is 38.3 Å². The predicted octanol–water partition coefficient (Wildman–Crippen LogP) is 0.358. The molecule has 17 heavy (non-hydrogen) atoms. The van der Waals surface area contributed by atoms with Gasteiger partial charge in [-0.3, -0.25) is 0 Å². The molecule has 0 aromatic heterocycles. The van der Waals surface area contributed by atoms with Crippen LogP contribution in [0.4, 0.5) is 4.79 Å². The van der Waals surface area contributed by atoms with Crippen LogP contribution in [-0.4, -0.2) is 63.3 Å². The monoisotopic (exact) mass is 244 g/mol. The lowest BCUT2D eigenvalue weighted by Gasteiger charge is -2.34. The van der Waals surface area contributed by atoms with Gasteiger partial charge in [-0.1, -0.05) is 0 Å². The Balaban J connectivity index is 2.75. The second kappa shape index (κ2) is 4.18. The van der Waals surface area contributed by atoms with Gasteiger partial charge >= 0.3 is 12.0 Å². The van der Waals surface area contributed by atoms with Crippen molar-refractivity contribution in [3.8, 4) is 0 Å². The minimum absolute atomic E-state index is 0.242. The van der Waals surface area contributed by atoms with Crippen LogP contribution in [0.1, 0.15) is 27.2 Å². The molecule has 0 spiro atoms. The van der Waals surface area contributed by atoms with E-state index < -0.39 is 17.1 Å². The SMILES string of the molecule is CN(C(=O)N1CCC(C)(O)C1)C(C)(C)C(=O)O. The van der Waals surface area contributed by atoms with Gasteiger partial charge in [-0.05, 0) is 27.2 Å². The molecule has 6 heteroatoms. The number of urea groups is 1. The fourth-order valence-electron chi connectivity index (χ4n) is 1.70. The molecule has 0 radical (unpaired) electrons. The van der Waals surface area contributed by atoms with E-state index in [1.807, 2.05) is 0 Å². The smallest absolute Gasteiger partial charge is 0.329 e. The summed E-state index contributed by atoms with van der Waals surface area (Å²) >= 11 is 0. The van der Waals surface area contributed by atoms with E-state index in [9.17, 15) is 14.7 Å². The first-order valence-electron chi connectivity index (χ1n) is 5.56. The standard InChI is InChI=1S/C11H20N2O4/c1-10(2,8(14)15)12(4)9(16)13-6-5-11(3,17)7-13/h17H,5-7H2,1-4H3,(H,14,15). The number of rotatable bonds is 2. The number of carbonyl (C=O) groups is 2. The van der Waals surface area contributed by atoms with Crippen LogP contribution in [-0.2, 0) is 4.79 Å². The average molecular weight is 244 g/mol. The molecule has 1 heterocycles. The molecule has 0 saturated carbocycles. The number of aliphatic carboxylic acids is 1. The zero-order valence-corrected chi connectivity index (χ0v) is 10.7. The van der Waals surface area contributed by atoms with Gasteiger partial charge < -0.3 is 20.0 Å². The molecule has 1 aliphatic heterocycles. The van der Waals surface area contributed by atoms with Crippen LogP contribution in [0, 0.1) is 0 Å². The second-order valence-electron chi connectivity index (χ2n) is 5.37. The molecule has 1 unspecified atom stereocenters. The van der Waals surface area contributed by atoms with E-state index >= 15 is 0 Å². The lowest BCUT2D eigenvalue weighted by atomic mass is 10.0. The topological polar surface area (TPSA) is 81.1 Å². The van der Waals surface area contributed by atoms with Gasteiger partial charge in [0.2, 0.25) is 0 Å². The highest BCUT2D eigenvalue weighted by Gasteiger charge is 2.41. The van der Waals surface area contributed by atoms with E-state index in [-0.39, 0.29) is 12.6 Å². The lowest BCUT2D eigenvalue weighted by Crippen LogP contribution is -2.55. The van der Waals surface area contributed by atoms with Crippen LogP contribution in [0.15, 0.2) is 0 Å². The van der Waals surface area contributed by atoms with Gasteiger partial charge in [0.05, 0.1) is 12.1 Å². The highest BCUT2D eigenvalue weighted by atomic mass is 16.4. The molecular formula is C11H20N2O4. The van der Waals surface area contributed by atoms with Gasteiger partial charge in [0, 0.05) is 13.6 Å². The van der Waals surface area contributed by atoms with E-state index in [0.717, 1.165) is 0 Å². The zero-order valence-electron chi connectivity index (χ0n) is 10.7. The molecule has 6 nitrogen and oxygen atoms in total. The van der Waals surface area contributed by atoms with Crippen LogP contribution in [0.2, 0.25) is 0 Å². The number of amides is 2. The number of β-amino-alcohol motifs (C(OH)–C–C–N with tert-alkyl or cyclic N) is 1. The molecule has 1 fully saturated rings. The number of carboxylic acid groups (broad SMARTS) is 1. The summed E-state index contributed by atoms with van der Waals surface area (Å²) in [5.41, 5.74) is -2.13. The molecule has 1 rings (SSSR count). The van der Waals surface area contributed by atoms with Crippen molar-refractivity contribution in [1.29, 1.82) is 0 Å². The number of carbonyl (C=O) groups excluding carboxylic acids is 1. The van der Waals surface area contributed by atoms with E-state index in [2.05, 4.69) is 0 Å². The largest absolute Gasteiger partial charge is 0.480 e. The summed E-state index contributed by atoms with van der Waals surface area (Å²) in [7, 11) is 1.46. The number of likely N-dealkylation sites (tertiary alicyclic amines) is 1. The quantitative estimate of drug-likeness (QED) is 0.734. The van der Waals surface area contributed by atoms with E-state index in [0.29, 0.717) is 13.0 Å². The third-order valence-electron chi connectivity index (χ3n) is 3.37. The summed E-state index contributed by atoms with van der Waals surface area (Å²) in [4.78, 5) is 25.8. The van der Waals surface area contributed by atoms with Gasteiger partial charge in [-0.25, -0.2) is 9.59 Å². The minimum Gasteiger partial charge on any atom is -0.480 e. The highest BCUT2D eigenvalue weighted by molar-refractivity contribution is 5.85. The lowest BCUT2D eigenvalue weighted by molar-refractivity contribution is -0.147. The second-order valence-corrected chi connectivity index (χ2v) is 5.37. The predicted molar refractivity (Wildman–Crippen MR) is 61.7 cm³/mol. The van der Waals surface area contributed by atoms with Crippen LogP contribution >= 0.6 is 0 Å². The van der Waals surface area contributed by atoms with E-state index in [4.69, 9.17) is 5.11 Å². The molecule has 0 aliphatic carbocycles. The van der Waals surface area contributed by atoms with Crippen LogP contribution in [0.5, 0.6) is 0 Å². The van der Waals surface area contributed by atoms with Crippen molar-refractivity contribution in [3.05, 3.63) is 0 Å². The number of carboxylic acids is 1. The van der Waals surface area contributed by atoms with Crippen molar-refractivity contribution in [1.82, 2.24) is 9.80 Å². The molecular weight excluding hydrogens is 224 g/mol. The van der Waals surface area contributed by atoms with Gasteiger partial charge in [-0.2, -0.15) is 0 Å². The number of nitrogens with zero attached hydrogens (tertiary/aromatic N) is 2. The number of hydrogen-bond acceptors (Lipinski definition) is 3. The molecule has 0 aromatic rings. The normalized spacial score (nSPS) is 24.9. The molecule has 2 amide bonds. The molecule has 0 aromatic carbocycles. The highest BCUT2D eigenvalue weighted by Crippen LogP contribution is 2.23. The summed E-state index contributed by atoms with van der Waals surface area (Å²) in [6, 6.07) is -0.366. The average Bonchev–Trinajstić information content (AvgIpc) is 2.56. The molecule has 2 N–H and O–H groups in total. The first-order valence-corrected chi connectivity index (χ1v) is 5.56. The Labute approximate surface area is 101 Å². The van der Waals surface area contributed by atoms with Gasteiger partial charge in [0.1, 0.15) is 5.54 Å². The Bertz CT molecular complexity index is 338. The molecule has 1 atom stereocenters. The Morgan fingerprint density at radius 1 is 1.41 bits per heavy atom. The van der Waals surface area contributed by atoms with Crippen LogP contribution in [0.25, 0.3) is 0 Å². The summed E-state index contributed by atoms with van der Waals surface area (Å²) < 4.78 is 0. The maximum atomic E-state index is 12.1. The van der Waals surface area contributed by atoms with Crippen molar-refractivity contribution in [2.24, 2.45) is 0 Å². The number of likely N-dealkylation sites (N-methyl/N-ethyl adjacent to an activating group) is 1. The third kappa shape index (κ3) is 2.69. The summed E-state index contributed by atoms with van der Waals surface area (Å²) in [5.74, 6) is -1.06. The first kappa shape index (κ1) is 13.8. The number of aliphatic hydroxyl groups is 1. The molecule has 98 valence electrons. The summed E-state index contributed by atoms with van der Waals surface area (Å²) in [5, 5.41) is 18.8. The Morgan fingerprint density at radius 3 is 2.29 bits per heavy atom. The fourth-order valence-corrected chi connectivity index (χ4v) is 1.70. The first-order chi connectivity index (χ1) is 7.58. The fraction of sp³-hybridized carbons (Fsp3) is 0.818. The van der Waals surface area contributed by atoms with E-state index in [1.165, 1.54) is 30.7 Å². The van der Waals surface area contributed by atoms with Gasteiger partial charge in [-0.15, -0.1) is 0 Å². The Hall–Kier alpha value is -1.30. The van der Waals surface area contributed by atoms with Crippen molar-refractivity contribution >= 4 is 12.0 Å². The minimum atomic E-state index is -1.26. The van der Waals surface area contributed by atoms with Gasteiger partial charge in [0.25, 0.3) is 0 Å². The Morgan fingerprint density at radius 2 is 1.94 bits per heavy atom. The molecule has 1 saturated heterocycles. The number of hydrogen-bond donors (Lipinski definition) is 2. The van der Waals surface area contributed by atoms with Crippen molar-refractivity contribution < 1.29 is 19.8 Å². The van der Waals surface area contributed by atoms with Crippen LogP contribution < -0.4 is 0 Å². The summed E-state index contributed by atoms with van der Waals surface area (Å²) in [6.45, 7) is 5.31. The maximum Gasteiger partial charge on any atom is 0.329 e.